The molecule has 1 unspecified atom stereocenters. The van der Waals surface area contributed by atoms with Gasteiger partial charge in [0.25, 0.3) is 0 Å². The summed E-state index contributed by atoms with van der Waals surface area (Å²) in [6, 6.07) is 0. The lowest BCUT2D eigenvalue weighted by Gasteiger charge is -2.33. The van der Waals surface area contributed by atoms with Crippen LogP contribution in [0.2, 0.25) is 0 Å². The van der Waals surface area contributed by atoms with Gasteiger partial charge in [-0.1, -0.05) is 13.8 Å². The monoisotopic (exact) mass is 380 g/mol. The van der Waals surface area contributed by atoms with Crippen molar-refractivity contribution in [3.05, 3.63) is 11.2 Å². The molecule has 1 atom stereocenters. The first-order valence-electron chi connectivity index (χ1n) is 9.30. The summed E-state index contributed by atoms with van der Waals surface area (Å²) in [7, 11) is -0.320. The zero-order valence-corrected chi connectivity index (χ0v) is 17.2. The molecule has 8 heteroatoms. The van der Waals surface area contributed by atoms with E-state index < -0.39 is 5.60 Å². The van der Waals surface area contributed by atoms with Gasteiger partial charge in [0.1, 0.15) is 5.60 Å². The minimum Gasteiger partial charge on any atom is -0.444 e. The van der Waals surface area contributed by atoms with Gasteiger partial charge in [-0.05, 0) is 33.6 Å². The average molecular weight is 380 g/mol. The van der Waals surface area contributed by atoms with Crippen molar-refractivity contribution in [1.82, 2.24) is 9.88 Å². The van der Waals surface area contributed by atoms with E-state index in [0.717, 1.165) is 29.2 Å². The summed E-state index contributed by atoms with van der Waals surface area (Å²) >= 11 is 1.63. The van der Waals surface area contributed by atoms with Crippen molar-refractivity contribution >= 4 is 29.3 Å². The maximum absolute atomic E-state index is 12.4. The summed E-state index contributed by atoms with van der Waals surface area (Å²) in [6.07, 6.45) is 3.62. The van der Waals surface area contributed by atoms with Crippen LogP contribution in [0.4, 0.5) is 4.79 Å². The number of thiazole rings is 1. The van der Waals surface area contributed by atoms with Crippen LogP contribution in [0.1, 0.15) is 58.4 Å². The number of hydrogen-bond donors (Lipinski definition) is 0. The Labute approximate surface area is 160 Å². The van der Waals surface area contributed by atoms with E-state index in [9.17, 15) is 4.79 Å². The van der Waals surface area contributed by atoms with Gasteiger partial charge in [0.2, 0.25) is 0 Å². The van der Waals surface area contributed by atoms with Gasteiger partial charge in [-0.3, -0.25) is 0 Å². The van der Waals surface area contributed by atoms with Crippen LogP contribution < -0.4 is 4.78 Å². The highest BCUT2D eigenvalue weighted by Crippen LogP contribution is 2.29. The minimum atomic E-state index is -0.470. The Balaban J connectivity index is 1.61. The van der Waals surface area contributed by atoms with Crippen molar-refractivity contribution in [3.63, 3.8) is 0 Å². The number of amides is 1. The lowest BCUT2D eigenvalue weighted by molar-refractivity contribution is 0.0198. The van der Waals surface area contributed by atoms with Crippen LogP contribution in [-0.4, -0.2) is 55.0 Å². The number of carbonyl (C=O) groups excluding carboxylic acids is 1. The molecule has 3 rings (SSSR count). The van der Waals surface area contributed by atoms with Crippen LogP contribution in [0.15, 0.2) is 6.20 Å². The average Bonchev–Trinajstić information content (AvgIpc) is 3.03. The predicted octanol–water partition coefficient (Wildman–Crippen LogP) is 3.03. The third-order valence-electron chi connectivity index (χ3n) is 4.45. The molecule has 6 nitrogen and oxygen atoms in total. The van der Waals surface area contributed by atoms with E-state index in [4.69, 9.17) is 14.0 Å². The number of aromatic nitrogens is 1. The topological polar surface area (TPSA) is 60.9 Å². The molecule has 144 valence electrons. The molecule has 0 aliphatic carbocycles. The molecule has 0 saturated carbocycles. The summed E-state index contributed by atoms with van der Waals surface area (Å²) in [5, 5.41) is 1.05. The molecule has 1 amide bonds. The van der Waals surface area contributed by atoms with Gasteiger partial charge >= 0.3 is 13.2 Å². The Morgan fingerprint density at radius 1 is 1.38 bits per heavy atom. The zero-order valence-electron chi connectivity index (χ0n) is 16.4. The first-order valence-corrected chi connectivity index (χ1v) is 10.1. The summed E-state index contributed by atoms with van der Waals surface area (Å²) in [4.78, 5) is 18.8. The van der Waals surface area contributed by atoms with Gasteiger partial charge in [0.15, 0.2) is 0 Å². The normalized spacial score (nSPS) is 23.8. The second kappa shape index (κ2) is 7.48. The van der Waals surface area contributed by atoms with Gasteiger partial charge in [0.05, 0.1) is 9.78 Å². The van der Waals surface area contributed by atoms with Crippen molar-refractivity contribution in [2.75, 3.05) is 26.3 Å². The second-order valence-electron chi connectivity index (χ2n) is 8.98. The zero-order chi connectivity index (χ0) is 18.9. The first kappa shape index (κ1) is 19.6. The van der Waals surface area contributed by atoms with Crippen molar-refractivity contribution in [2.45, 2.75) is 59.0 Å². The highest BCUT2D eigenvalue weighted by molar-refractivity contribution is 7.22. The molecule has 1 aromatic rings. The number of likely N-dealkylation sites (tertiary alicyclic amines) is 1. The molecule has 2 aliphatic rings. The van der Waals surface area contributed by atoms with Crippen LogP contribution in [0.3, 0.4) is 0 Å². The van der Waals surface area contributed by atoms with Crippen LogP contribution >= 0.6 is 11.3 Å². The third kappa shape index (κ3) is 4.99. The van der Waals surface area contributed by atoms with E-state index in [1.807, 2.05) is 27.0 Å². The number of piperidine rings is 1. The van der Waals surface area contributed by atoms with E-state index >= 15 is 0 Å². The lowest BCUT2D eigenvalue weighted by atomic mass is 9.83. The smallest absolute Gasteiger partial charge is 0.444 e. The predicted molar refractivity (Wildman–Crippen MR) is 103 cm³/mol. The number of hydrogen-bond acceptors (Lipinski definition) is 6. The fraction of sp³-hybridized carbons (Fsp3) is 0.778. The van der Waals surface area contributed by atoms with Gasteiger partial charge in [0, 0.05) is 43.8 Å². The van der Waals surface area contributed by atoms with Crippen molar-refractivity contribution < 1.29 is 18.8 Å². The highest BCUT2D eigenvalue weighted by atomic mass is 32.1. The Bertz CT molecular complexity index is 633. The summed E-state index contributed by atoms with van der Waals surface area (Å²) in [5.41, 5.74) is -0.414. The van der Waals surface area contributed by atoms with Crippen LogP contribution in [0.25, 0.3) is 0 Å². The molecule has 0 N–H and O–H groups in total. The van der Waals surface area contributed by atoms with Gasteiger partial charge in [-0.2, -0.15) is 0 Å². The Hall–Kier alpha value is -1.12. The molecule has 1 aromatic heterocycles. The van der Waals surface area contributed by atoms with E-state index in [-0.39, 0.29) is 24.5 Å². The van der Waals surface area contributed by atoms with Crippen LogP contribution in [0.5, 0.6) is 0 Å². The molecular formula is C18H29BN2O4S. The fourth-order valence-corrected chi connectivity index (χ4v) is 4.17. The Morgan fingerprint density at radius 2 is 2.08 bits per heavy atom. The van der Waals surface area contributed by atoms with Crippen LogP contribution in [-0.2, 0) is 14.0 Å². The van der Waals surface area contributed by atoms with Crippen molar-refractivity contribution in [1.29, 1.82) is 0 Å². The summed E-state index contributed by atoms with van der Waals surface area (Å²) < 4.78 is 18.2. The van der Waals surface area contributed by atoms with E-state index in [2.05, 4.69) is 18.8 Å². The highest BCUT2D eigenvalue weighted by Gasteiger charge is 2.36. The Morgan fingerprint density at radius 3 is 2.73 bits per heavy atom. The molecule has 0 spiro atoms. The van der Waals surface area contributed by atoms with E-state index in [0.29, 0.717) is 19.8 Å². The second-order valence-corrected chi connectivity index (χ2v) is 10.1. The molecule has 2 fully saturated rings. The molecule has 2 aliphatic heterocycles. The molecule has 2 saturated heterocycles. The number of nitrogens with zero attached hydrogens (tertiary/aromatic N) is 2. The molecule has 26 heavy (non-hydrogen) atoms. The van der Waals surface area contributed by atoms with Crippen molar-refractivity contribution in [2.24, 2.45) is 5.41 Å². The summed E-state index contributed by atoms with van der Waals surface area (Å²) in [6.45, 7) is 12.7. The molecule has 0 radical (unpaired) electrons. The number of rotatable bonds is 2. The maximum Gasteiger partial charge on any atom is 0.506 e. The quantitative estimate of drug-likeness (QED) is 0.739. The van der Waals surface area contributed by atoms with Gasteiger partial charge in [-0.25, -0.2) is 9.78 Å². The van der Waals surface area contributed by atoms with Crippen LogP contribution in [0, 0.1) is 5.41 Å². The van der Waals surface area contributed by atoms with Gasteiger partial charge in [-0.15, -0.1) is 11.3 Å². The van der Waals surface area contributed by atoms with E-state index in [1.165, 1.54) is 0 Å². The number of ether oxygens (including phenoxy) is 1. The standard InChI is InChI=1S/C18H29BN2O4S/c1-17(2,3)25-16(22)21-8-6-7-13(10-21)15-20-9-14(26-15)19-23-11-18(4,5)12-24-19/h9,13H,6-8,10-12H2,1-5H3. The fourth-order valence-electron chi connectivity index (χ4n) is 3.13. The Kier molecular flexibility index (Phi) is 5.65. The maximum atomic E-state index is 12.4. The van der Waals surface area contributed by atoms with Crippen molar-refractivity contribution in [3.8, 4) is 0 Å². The molecule has 3 heterocycles. The number of carbonyl (C=O) groups is 1. The molecule has 0 aromatic carbocycles. The third-order valence-corrected chi connectivity index (χ3v) is 5.63. The summed E-state index contributed by atoms with van der Waals surface area (Å²) in [5.74, 6) is 0.245. The largest absolute Gasteiger partial charge is 0.506 e. The molecule has 0 bridgehead atoms. The lowest BCUT2D eigenvalue weighted by Crippen LogP contribution is -2.46. The minimum absolute atomic E-state index is 0.0569. The first-order chi connectivity index (χ1) is 12.1. The van der Waals surface area contributed by atoms with Gasteiger partial charge < -0.3 is 18.9 Å². The molecular weight excluding hydrogens is 351 g/mol. The van der Waals surface area contributed by atoms with E-state index in [1.54, 1.807) is 16.2 Å². The SMILES string of the molecule is CC1(C)COB(c2cnc(C3CCCN(C(=O)OC(C)(C)C)C3)s2)OC1.